The summed E-state index contributed by atoms with van der Waals surface area (Å²) in [6, 6.07) is 13.9. The maximum Gasteiger partial charge on any atom is 0.294 e. The molecular formula is C20H18N2O5S. The molecule has 0 atom stereocenters. The van der Waals surface area contributed by atoms with Crippen LogP contribution in [0.15, 0.2) is 53.4 Å². The van der Waals surface area contributed by atoms with Crippen LogP contribution in [0, 0.1) is 0 Å². The molecule has 0 bridgehead atoms. The smallest absolute Gasteiger partial charge is 0.294 e. The van der Waals surface area contributed by atoms with Gasteiger partial charge in [0.2, 0.25) is 5.91 Å². The number of amides is 3. The molecule has 2 N–H and O–H groups in total. The molecule has 1 saturated heterocycles. The molecule has 144 valence electrons. The van der Waals surface area contributed by atoms with E-state index in [0.29, 0.717) is 12.1 Å². The number of carbonyl (C=O) groups excluding carboxylic acids is 3. The molecule has 8 heteroatoms. The number of hydrogen-bond acceptors (Lipinski definition) is 6. The van der Waals surface area contributed by atoms with E-state index in [1.54, 1.807) is 12.1 Å². The van der Waals surface area contributed by atoms with E-state index >= 15 is 0 Å². The first kappa shape index (κ1) is 19.5. The lowest BCUT2D eigenvalue weighted by Gasteiger charge is -2.12. The highest BCUT2D eigenvalue weighted by molar-refractivity contribution is 8.18. The van der Waals surface area contributed by atoms with Crippen molar-refractivity contribution in [1.29, 1.82) is 0 Å². The molecule has 3 amide bonds. The zero-order valence-corrected chi connectivity index (χ0v) is 15.9. The Morgan fingerprint density at radius 2 is 1.96 bits per heavy atom. The van der Waals surface area contributed by atoms with E-state index in [1.165, 1.54) is 19.3 Å². The second-order valence-electron chi connectivity index (χ2n) is 5.96. The monoisotopic (exact) mass is 398 g/mol. The summed E-state index contributed by atoms with van der Waals surface area (Å²) in [6.45, 7) is -0.0211. The molecule has 1 aliphatic heterocycles. The first-order chi connectivity index (χ1) is 13.5. The SMILES string of the molecule is COc1cc(/C=C2\SC(=O)N(CC(=O)NCc3ccccc3)C2=O)ccc1O. The van der Waals surface area contributed by atoms with Crippen LogP contribution in [0.3, 0.4) is 0 Å². The topological polar surface area (TPSA) is 95.9 Å². The maximum atomic E-state index is 12.5. The van der Waals surface area contributed by atoms with Crippen LogP contribution in [0.2, 0.25) is 0 Å². The summed E-state index contributed by atoms with van der Waals surface area (Å²) < 4.78 is 5.03. The molecule has 0 aliphatic carbocycles. The third kappa shape index (κ3) is 4.52. The van der Waals surface area contributed by atoms with Crippen LogP contribution < -0.4 is 10.1 Å². The van der Waals surface area contributed by atoms with E-state index in [9.17, 15) is 19.5 Å². The van der Waals surface area contributed by atoms with Crippen LogP contribution in [-0.2, 0) is 16.1 Å². The highest BCUT2D eigenvalue weighted by Gasteiger charge is 2.36. The lowest BCUT2D eigenvalue weighted by molar-refractivity contribution is -0.129. The number of thioether (sulfide) groups is 1. The number of benzene rings is 2. The van der Waals surface area contributed by atoms with Gasteiger partial charge in [-0.25, -0.2) is 0 Å². The fourth-order valence-electron chi connectivity index (χ4n) is 2.57. The van der Waals surface area contributed by atoms with Crippen molar-refractivity contribution in [3.8, 4) is 11.5 Å². The molecule has 1 heterocycles. The minimum Gasteiger partial charge on any atom is -0.504 e. The van der Waals surface area contributed by atoms with Crippen LogP contribution in [-0.4, -0.2) is 40.7 Å². The van der Waals surface area contributed by atoms with Crippen molar-refractivity contribution >= 4 is 34.9 Å². The van der Waals surface area contributed by atoms with Gasteiger partial charge >= 0.3 is 0 Å². The number of ether oxygens (including phenoxy) is 1. The summed E-state index contributed by atoms with van der Waals surface area (Å²) in [4.78, 5) is 37.9. The average Bonchev–Trinajstić information content (AvgIpc) is 2.96. The average molecular weight is 398 g/mol. The Morgan fingerprint density at radius 3 is 2.68 bits per heavy atom. The van der Waals surface area contributed by atoms with Gasteiger partial charge in [0.05, 0.1) is 12.0 Å². The third-order valence-corrected chi connectivity index (χ3v) is 4.92. The normalized spacial score (nSPS) is 15.2. The summed E-state index contributed by atoms with van der Waals surface area (Å²) in [5.74, 6) is -0.716. The number of nitrogens with one attached hydrogen (secondary N) is 1. The van der Waals surface area contributed by atoms with Gasteiger partial charge < -0.3 is 15.2 Å². The van der Waals surface area contributed by atoms with Gasteiger partial charge in [-0.1, -0.05) is 36.4 Å². The van der Waals surface area contributed by atoms with E-state index < -0.39 is 17.1 Å². The van der Waals surface area contributed by atoms with E-state index in [0.717, 1.165) is 22.2 Å². The standard InChI is InChI=1S/C20H18N2O5S/c1-27-16-9-14(7-8-15(16)23)10-17-19(25)22(20(26)28-17)12-18(24)21-11-13-5-3-2-4-6-13/h2-10,23H,11-12H2,1H3,(H,21,24)/b17-10-. The van der Waals surface area contributed by atoms with Gasteiger partial charge in [-0.05, 0) is 41.1 Å². The maximum absolute atomic E-state index is 12.5. The number of phenols is 1. The zero-order valence-electron chi connectivity index (χ0n) is 15.0. The first-order valence-corrected chi connectivity index (χ1v) is 9.22. The van der Waals surface area contributed by atoms with Gasteiger partial charge in [-0.15, -0.1) is 0 Å². The van der Waals surface area contributed by atoms with Crippen LogP contribution >= 0.6 is 11.8 Å². The van der Waals surface area contributed by atoms with Crippen LogP contribution in [0.25, 0.3) is 6.08 Å². The van der Waals surface area contributed by atoms with E-state index in [2.05, 4.69) is 5.32 Å². The van der Waals surface area contributed by atoms with Crippen LogP contribution in [0.4, 0.5) is 4.79 Å². The Kier molecular flexibility index (Phi) is 6.00. The van der Waals surface area contributed by atoms with Crippen molar-refractivity contribution in [1.82, 2.24) is 10.2 Å². The highest BCUT2D eigenvalue weighted by atomic mass is 32.2. The molecular weight excluding hydrogens is 380 g/mol. The number of aromatic hydroxyl groups is 1. The molecule has 7 nitrogen and oxygen atoms in total. The van der Waals surface area contributed by atoms with Crippen molar-refractivity contribution in [2.24, 2.45) is 0 Å². The molecule has 0 aromatic heterocycles. The third-order valence-electron chi connectivity index (χ3n) is 4.01. The Bertz CT molecular complexity index is 943. The van der Waals surface area contributed by atoms with Crippen LogP contribution in [0.5, 0.6) is 11.5 Å². The molecule has 0 saturated carbocycles. The molecule has 1 fully saturated rings. The predicted molar refractivity (Wildman–Crippen MR) is 106 cm³/mol. The quantitative estimate of drug-likeness (QED) is 0.727. The molecule has 0 spiro atoms. The minimum absolute atomic E-state index is 0.0251. The molecule has 2 aromatic carbocycles. The number of nitrogens with zero attached hydrogens (tertiary/aromatic N) is 1. The van der Waals surface area contributed by atoms with Gasteiger partial charge in [0.15, 0.2) is 11.5 Å². The summed E-state index contributed by atoms with van der Waals surface area (Å²) in [7, 11) is 1.42. The fourth-order valence-corrected chi connectivity index (χ4v) is 3.41. The van der Waals surface area contributed by atoms with Crippen molar-refractivity contribution in [3.05, 3.63) is 64.6 Å². The summed E-state index contributed by atoms with van der Waals surface area (Å²) in [6.07, 6.45) is 1.52. The molecule has 0 unspecified atom stereocenters. The lowest BCUT2D eigenvalue weighted by Crippen LogP contribution is -2.39. The lowest BCUT2D eigenvalue weighted by atomic mass is 10.2. The molecule has 1 aliphatic rings. The Hall–Kier alpha value is -3.26. The van der Waals surface area contributed by atoms with Gasteiger partial charge in [-0.3, -0.25) is 19.3 Å². The number of phenolic OH excluding ortho intramolecular Hbond substituents is 1. The molecule has 2 aromatic rings. The van der Waals surface area contributed by atoms with E-state index in [1.807, 2.05) is 30.3 Å². The van der Waals surface area contributed by atoms with Crippen molar-refractivity contribution in [2.75, 3.05) is 13.7 Å². The Balaban J connectivity index is 1.65. The van der Waals surface area contributed by atoms with E-state index in [-0.39, 0.29) is 22.9 Å². The second-order valence-corrected chi connectivity index (χ2v) is 6.95. The number of carbonyl (C=O) groups is 3. The van der Waals surface area contributed by atoms with E-state index in [4.69, 9.17) is 4.74 Å². The molecule has 0 radical (unpaired) electrons. The summed E-state index contributed by atoms with van der Waals surface area (Å²) >= 11 is 0.766. The predicted octanol–water partition coefficient (Wildman–Crippen LogP) is 2.75. The largest absolute Gasteiger partial charge is 0.504 e. The van der Waals surface area contributed by atoms with Gasteiger partial charge in [-0.2, -0.15) is 0 Å². The van der Waals surface area contributed by atoms with Crippen molar-refractivity contribution in [3.63, 3.8) is 0 Å². The Labute approximate surface area is 166 Å². The fraction of sp³-hybridized carbons (Fsp3) is 0.150. The number of rotatable bonds is 6. The number of hydrogen-bond donors (Lipinski definition) is 2. The highest BCUT2D eigenvalue weighted by Crippen LogP contribution is 2.33. The van der Waals surface area contributed by atoms with Crippen molar-refractivity contribution in [2.45, 2.75) is 6.54 Å². The van der Waals surface area contributed by atoms with Gasteiger partial charge in [0.25, 0.3) is 11.1 Å². The summed E-state index contributed by atoms with van der Waals surface area (Å²) in [5.41, 5.74) is 1.51. The zero-order chi connectivity index (χ0) is 20.1. The molecule has 3 rings (SSSR count). The minimum atomic E-state index is -0.531. The number of methoxy groups -OCH3 is 1. The summed E-state index contributed by atoms with van der Waals surface area (Å²) in [5, 5.41) is 11.8. The molecule has 28 heavy (non-hydrogen) atoms. The second kappa shape index (κ2) is 8.62. The van der Waals surface area contributed by atoms with Gasteiger partial charge in [0, 0.05) is 6.54 Å². The number of imide groups is 1. The van der Waals surface area contributed by atoms with Crippen LogP contribution in [0.1, 0.15) is 11.1 Å². The van der Waals surface area contributed by atoms with Crippen molar-refractivity contribution < 1.29 is 24.2 Å². The Morgan fingerprint density at radius 1 is 1.21 bits per heavy atom. The van der Waals surface area contributed by atoms with Gasteiger partial charge in [0.1, 0.15) is 6.54 Å². The first-order valence-electron chi connectivity index (χ1n) is 8.41.